The molecule has 1 aromatic rings. The number of anilines is 1. The normalized spacial score (nSPS) is 33.6. The number of carbonyl (C=O) groups is 3. The molecule has 2 bridgehead atoms. The molecule has 5 nitrogen and oxygen atoms in total. The first kappa shape index (κ1) is 12.6. The average molecular weight is 285 g/mol. The van der Waals surface area contributed by atoms with Crippen molar-refractivity contribution in [1.29, 1.82) is 0 Å². The minimum atomic E-state index is -1.06. The Hall–Kier alpha value is -2.17. The molecule has 21 heavy (non-hydrogen) atoms. The lowest BCUT2D eigenvalue weighted by Crippen LogP contribution is -2.32. The van der Waals surface area contributed by atoms with E-state index in [-0.39, 0.29) is 29.2 Å². The van der Waals surface area contributed by atoms with Crippen LogP contribution in [0.4, 0.5) is 5.69 Å². The van der Waals surface area contributed by atoms with Gasteiger partial charge in [-0.25, -0.2) is 4.79 Å². The molecule has 1 saturated heterocycles. The zero-order chi connectivity index (χ0) is 14.7. The number of aromatic carboxylic acids is 1. The number of imide groups is 1. The second kappa shape index (κ2) is 4.16. The zero-order valence-electron chi connectivity index (χ0n) is 11.4. The molecule has 2 aliphatic carbocycles. The number of benzene rings is 1. The maximum atomic E-state index is 12.6. The van der Waals surface area contributed by atoms with Gasteiger partial charge in [0.1, 0.15) is 0 Å². The lowest BCUT2D eigenvalue weighted by molar-refractivity contribution is -0.123. The fraction of sp³-hybridized carbons (Fsp3) is 0.438. The second-order valence-corrected chi connectivity index (χ2v) is 6.25. The SMILES string of the molecule is O=C(O)c1cccc(N2C(=O)C3C(C2=O)[C@H]2CC[C@@H]3C2)c1. The number of carbonyl (C=O) groups excluding carboxylic acids is 2. The number of fused-ring (bicyclic) bond motifs is 5. The molecule has 1 aromatic carbocycles. The molecule has 1 heterocycles. The van der Waals surface area contributed by atoms with Gasteiger partial charge in [-0.1, -0.05) is 6.07 Å². The third-order valence-corrected chi connectivity index (χ3v) is 5.28. The van der Waals surface area contributed by atoms with E-state index in [4.69, 9.17) is 5.11 Å². The first-order valence-electron chi connectivity index (χ1n) is 7.29. The maximum Gasteiger partial charge on any atom is 0.335 e. The van der Waals surface area contributed by atoms with Crippen molar-refractivity contribution in [1.82, 2.24) is 0 Å². The number of hydrogen-bond acceptors (Lipinski definition) is 3. The van der Waals surface area contributed by atoms with E-state index < -0.39 is 5.97 Å². The average Bonchev–Trinajstić information content (AvgIpc) is 3.13. The van der Waals surface area contributed by atoms with Gasteiger partial charge < -0.3 is 5.11 Å². The predicted molar refractivity (Wildman–Crippen MR) is 73.7 cm³/mol. The van der Waals surface area contributed by atoms with E-state index in [9.17, 15) is 14.4 Å². The van der Waals surface area contributed by atoms with Crippen molar-refractivity contribution in [3.05, 3.63) is 29.8 Å². The fourth-order valence-electron chi connectivity index (χ4n) is 4.44. The first-order valence-corrected chi connectivity index (χ1v) is 7.29. The Morgan fingerprint density at radius 3 is 2.29 bits per heavy atom. The predicted octanol–water partition coefficient (Wildman–Crippen LogP) is 1.92. The first-order chi connectivity index (χ1) is 10.1. The van der Waals surface area contributed by atoms with Crippen LogP contribution in [0.1, 0.15) is 29.6 Å². The van der Waals surface area contributed by atoms with Crippen molar-refractivity contribution < 1.29 is 19.5 Å². The zero-order valence-corrected chi connectivity index (χ0v) is 11.4. The standard InChI is InChI=1S/C16H15NO4/c18-14-12-8-4-5-9(6-8)13(12)15(19)17(14)11-3-1-2-10(7-11)16(20)21/h1-3,7-9,12-13H,4-6H2,(H,20,21)/t8-,9+,12?,13?. The molecule has 1 aliphatic heterocycles. The number of rotatable bonds is 2. The van der Waals surface area contributed by atoms with Crippen LogP contribution >= 0.6 is 0 Å². The molecule has 4 rings (SSSR count). The molecule has 108 valence electrons. The molecule has 2 unspecified atom stereocenters. The van der Waals surface area contributed by atoms with Gasteiger partial charge in [-0.3, -0.25) is 14.5 Å². The summed E-state index contributed by atoms with van der Waals surface area (Å²) in [5, 5.41) is 9.05. The highest BCUT2D eigenvalue weighted by Gasteiger charge is 2.61. The Bertz CT molecular complexity index is 640. The lowest BCUT2D eigenvalue weighted by Gasteiger charge is -2.19. The van der Waals surface area contributed by atoms with Crippen LogP contribution in [-0.4, -0.2) is 22.9 Å². The minimum Gasteiger partial charge on any atom is -0.478 e. The molecule has 2 saturated carbocycles. The van der Waals surface area contributed by atoms with Crippen molar-refractivity contribution in [2.75, 3.05) is 4.90 Å². The molecule has 5 heteroatoms. The van der Waals surface area contributed by atoms with E-state index in [0.717, 1.165) is 19.3 Å². The number of nitrogens with zero attached hydrogens (tertiary/aromatic N) is 1. The molecule has 3 fully saturated rings. The van der Waals surface area contributed by atoms with E-state index in [2.05, 4.69) is 0 Å². The molecule has 1 N–H and O–H groups in total. The summed E-state index contributed by atoms with van der Waals surface area (Å²) in [6.07, 6.45) is 3.07. The number of hydrogen-bond donors (Lipinski definition) is 1. The van der Waals surface area contributed by atoms with Gasteiger partial charge in [0.25, 0.3) is 0 Å². The Labute approximate surface area is 121 Å². The Balaban J connectivity index is 1.73. The summed E-state index contributed by atoms with van der Waals surface area (Å²) in [6.45, 7) is 0. The van der Waals surface area contributed by atoms with E-state index in [0.29, 0.717) is 17.5 Å². The van der Waals surface area contributed by atoms with Crippen molar-refractivity contribution in [3.63, 3.8) is 0 Å². The Kier molecular flexibility index (Phi) is 2.49. The van der Waals surface area contributed by atoms with Gasteiger partial charge in [0.2, 0.25) is 11.8 Å². The Morgan fingerprint density at radius 1 is 1.10 bits per heavy atom. The summed E-state index contributed by atoms with van der Waals surface area (Å²) in [4.78, 5) is 37.5. The second-order valence-electron chi connectivity index (χ2n) is 6.25. The van der Waals surface area contributed by atoms with Gasteiger partial charge in [0, 0.05) is 0 Å². The van der Waals surface area contributed by atoms with Crippen LogP contribution < -0.4 is 4.90 Å². The molecular formula is C16H15NO4. The van der Waals surface area contributed by atoms with E-state index in [1.165, 1.54) is 17.0 Å². The minimum absolute atomic E-state index is 0.0909. The van der Waals surface area contributed by atoms with Crippen molar-refractivity contribution in [2.45, 2.75) is 19.3 Å². The van der Waals surface area contributed by atoms with Crippen LogP contribution in [0.3, 0.4) is 0 Å². The van der Waals surface area contributed by atoms with Gasteiger partial charge in [0.05, 0.1) is 23.1 Å². The van der Waals surface area contributed by atoms with Gasteiger partial charge in [-0.2, -0.15) is 0 Å². The summed E-state index contributed by atoms with van der Waals surface area (Å²) < 4.78 is 0. The summed E-state index contributed by atoms with van der Waals surface area (Å²) in [5.74, 6) is -1.02. The topological polar surface area (TPSA) is 74.7 Å². The summed E-state index contributed by atoms with van der Waals surface area (Å²) in [7, 11) is 0. The van der Waals surface area contributed by atoms with E-state index in [1.807, 2.05) is 0 Å². The quantitative estimate of drug-likeness (QED) is 0.842. The highest BCUT2D eigenvalue weighted by atomic mass is 16.4. The van der Waals surface area contributed by atoms with Gasteiger partial charge in [-0.15, -0.1) is 0 Å². The Morgan fingerprint density at radius 2 is 1.71 bits per heavy atom. The number of carboxylic acid groups (broad SMARTS) is 1. The van der Waals surface area contributed by atoms with Crippen LogP contribution in [0.2, 0.25) is 0 Å². The third-order valence-electron chi connectivity index (χ3n) is 5.28. The number of amides is 2. The number of carboxylic acids is 1. The summed E-state index contributed by atoms with van der Waals surface area (Å²) >= 11 is 0. The van der Waals surface area contributed by atoms with Gasteiger partial charge >= 0.3 is 5.97 Å². The van der Waals surface area contributed by atoms with Crippen molar-refractivity contribution in [3.8, 4) is 0 Å². The van der Waals surface area contributed by atoms with Gasteiger partial charge in [-0.05, 0) is 49.3 Å². The van der Waals surface area contributed by atoms with Crippen LogP contribution in [0.5, 0.6) is 0 Å². The van der Waals surface area contributed by atoms with Crippen molar-refractivity contribution in [2.24, 2.45) is 23.7 Å². The monoisotopic (exact) mass is 285 g/mol. The van der Waals surface area contributed by atoms with Crippen LogP contribution in [0.25, 0.3) is 0 Å². The van der Waals surface area contributed by atoms with E-state index in [1.54, 1.807) is 12.1 Å². The maximum absolute atomic E-state index is 12.6. The van der Waals surface area contributed by atoms with Gasteiger partial charge in [0.15, 0.2) is 0 Å². The summed E-state index contributed by atoms with van der Waals surface area (Å²) in [5.41, 5.74) is 0.479. The fourth-order valence-corrected chi connectivity index (χ4v) is 4.44. The molecule has 3 aliphatic rings. The molecule has 0 aromatic heterocycles. The molecule has 0 radical (unpaired) electrons. The molecule has 0 spiro atoms. The van der Waals surface area contributed by atoms with Crippen LogP contribution in [0.15, 0.2) is 24.3 Å². The largest absolute Gasteiger partial charge is 0.478 e. The van der Waals surface area contributed by atoms with E-state index >= 15 is 0 Å². The van der Waals surface area contributed by atoms with Crippen LogP contribution in [0, 0.1) is 23.7 Å². The smallest absolute Gasteiger partial charge is 0.335 e. The molecule has 2 amide bonds. The molecular weight excluding hydrogens is 270 g/mol. The molecule has 4 atom stereocenters. The highest BCUT2D eigenvalue weighted by molar-refractivity contribution is 6.22. The highest BCUT2D eigenvalue weighted by Crippen LogP contribution is 2.56. The summed E-state index contributed by atoms with van der Waals surface area (Å²) in [6, 6.07) is 6.07. The lowest BCUT2D eigenvalue weighted by atomic mass is 9.81. The van der Waals surface area contributed by atoms with Crippen LogP contribution in [-0.2, 0) is 9.59 Å². The third kappa shape index (κ3) is 1.60. The van der Waals surface area contributed by atoms with Crippen molar-refractivity contribution >= 4 is 23.5 Å².